The van der Waals surface area contributed by atoms with Crippen LogP contribution in [-0.2, 0) is 32.7 Å². The highest BCUT2D eigenvalue weighted by atomic mass is 32.2. The van der Waals surface area contributed by atoms with Crippen molar-refractivity contribution in [3.8, 4) is 6.07 Å². The van der Waals surface area contributed by atoms with Gasteiger partial charge in [-0.15, -0.1) is 0 Å². The molecule has 0 radical (unpaired) electrons. The van der Waals surface area contributed by atoms with Crippen molar-refractivity contribution < 1.29 is 31.0 Å². The summed E-state index contributed by atoms with van der Waals surface area (Å²) in [6.07, 6.45) is -1.65. The van der Waals surface area contributed by atoms with Crippen LogP contribution in [0, 0.1) is 11.3 Å². The minimum absolute atomic E-state index is 0.0327. The van der Waals surface area contributed by atoms with Crippen LogP contribution >= 0.6 is 0 Å². The van der Waals surface area contributed by atoms with Crippen LogP contribution in [-0.4, -0.2) is 71.2 Å². The molecule has 1 N–H and O–H groups in total. The summed E-state index contributed by atoms with van der Waals surface area (Å²) in [5, 5.41) is 12.5. The molecule has 0 unspecified atom stereocenters. The van der Waals surface area contributed by atoms with Crippen molar-refractivity contribution in [1.82, 2.24) is 9.55 Å². The average Bonchev–Trinajstić information content (AvgIpc) is 3.01. The maximum absolute atomic E-state index is 13.2. The van der Waals surface area contributed by atoms with Crippen LogP contribution in [0.4, 0.5) is 5.82 Å². The number of rotatable bonds is 9. The molecule has 0 aliphatic carbocycles. The molecule has 0 aromatic carbocycles. The molecule has 1 amide bonds. The lowest BCUT2D eigenvalue weighted by Crippen LogP contribution is -2.58. The van der Waals surface area contributed by atoms with Crippen LogP contribution < -0.4 is 11.0 Å². The molecule has 1 aliphatic rings. The molecular weight excluding hydrogens is 573 g/mol. The van der Waals surface area contributed by atoms with Crippen LogP contribution in [0.1, 0.15) is 54.7 Å². The number of nitriles is 1. The van der Waals surface area contributed by atoms with E-state index in [0.29, 0.717) is 0 Å². The standard InChI is InChI=1S/C25H44N4O8SSi2/c1-17(30)27-19-13-14-29(22(31)28-19)21-20(36-40(11,12)24(5,6)7)25(16-26,37-38(8,32)33)18(35-21)15-34-39(9,10)23(2,3)4/h13-14,18,20-21H,15H2,1-12H3,(H,27,28,30,31)/t18-,20+,21-,25+/m1/s1. The lowest BCUT2D eigenvalue weighted by molar-refractivity contribution is -0.114. The van der Waals surface area contributed by atoms with Crippen LogP contribution in [0.3, 0.4) is 0 Å². The smallest absolute Gasteiger partial charge is 0.351 e. The van der Waals surface area contributed by atoms with Crippen molar-refractivity contribution in [2.45, 2.75) is 109 Å². The fourth-order valence-electron chi connectivity index (χ4n) is 3.61. The Hall–Kier alpha value is -1.94. The minimum Gasteiger partial charge on any atom is -0.414 e. The van der Waals surface area contributed by atoms with Gasteiger partial charge in [-0.25, -0.2) is 8.98 Å². The quantitative estimate of drug-likeness (QED) is 0.320. The zero-order valence-corrected chi connectivity index (χ0v) is 28.4. The summed E-state index contributed by atoms with van der Waals surface area (Å²) in [5.74, 6) is -0.376. The fourth-order valence-corrected chi connectivity index (χ4v) is 6.63. The summed E-state index contributed by atoms with van der Waals surface area (Å²) in [5.41, 5.74) is -2.97. The second kappa shape index (κ2) is 11.4. The van der Waals surface area contributed by atoms with Gasteiger partial charge in [0.05, 0.1) is 12.9 Å². The third kappa shape index (κ3) is 7.47. The van der Waals surface area contributed by atoms with Gasteiger partial charge in [-0.2, -0.15) is 18.7 Å². The summed E-state index contributed by atoms with van der Waals surface area (Å²) < 4.78 is 51.2. The van der Waals surface area contributed by atoms with Gasteiger partial charge in [-0.1, -0.05) is 41.5 Å². The van der Waals surface area contributed by atoms with E-state index < -0.39 is 62.4 Å². The Labute approximate surface area is 239 Å². The third-order valence-corrected chi connectivity index (χ3v) is 17.5. The second-order valence-electron chi connectivity index (χ2n) is 13.3. The van der Waals surface area contributed by atoms with E-state index in [-0.39, 0.29) is 22.5 Å². The predicted octanol–water partition coefficient (Wildman–Crippen LogP) is 3.75. The Balaban J connectivity index is 2.77. The molecule has 0 spiro atoms. The van der Waals surface area contributed by atoms with Gasteiger partial charge in [-0.3, -0.25) is 9.36 Å². The SMILES string of the molecule is CC(=O)Nc1ccn([C@@H]2O[C@H](CO[Si](C)(C)C(C)(C)C)[C@](C#N)(OS(C)(=O)=O)[C@H]2O[Si](C)(C)C(C)(C)C)c(=O)n1. The highest BCUT2D eigenvalue weighted by molar-refractivity contribution is 7.86. The van der Waals surface area contributed by atoms with Crippen molar-refractivity contribution in [1.29, 1.82) is 5.26 Å². The number of aromatic nitrogens is 2. The molecule has 2 rings (SSSR count). The Morgan fingerprint density at radius 3 is 2.15 bits per heavy atom. The van der Waals surface area contributed by atoms with Crippen LogP contribution in [0.25, 0.3) is 0 Å². The molecule has 0 bridgehead atoms. The molecule has 1 aromatic rings. The van der Waals surface area contributed by atoms with E-state index in [2.05, 4.69) is 16.4 Å². The van der Waals surface area contributed by atoms with Gasteiger partial charge in [0, 0.05) is 13.1 Å². The van der Waals surface area contributed by atoms with Crippen LogP contribution in [0.2, 0.25) is 36.3 Å². The third-order valence-electron chi connectivity index (χ3n) is 7.97. The first-order valence-corrected chi connectivity index (χ1v) is 20.7. The molecule has 40 heavy (non-hydrogen) atoms. The molecule has 1 fully saturated rings. The van der Waals surface area contributed by atoms with Crippen molar-refractivity contribution in [3.05, 3.63) is 22.7 Å². The number of hydrogen-bond donors (Lipinski definition) is 1. The zero-order valence-electron chi connectivity index (χ0n) is 25.6. The first-order chi connectivity index (χ1) is 17.9. The Kier molecular flexibility index (Phi) is 9.75. The first kappa shape index (κ1) is 34.3. The largest absolute Gasteiger partial charge is 0.414 e. The molecule has 0 saturated carbocycles. The number of amides is 1. The molecule has 1 aromatic heterocycles. The summed E-state index contributed by atoms with van der Waals surface area (Å²) >= 11 is 0. The highest BCUT2D eigenvalue weighted by Crippen LogP contribution is 2.48. The lowest BCUT2D eigenvalue weighted by atomic mass is 9.94. The van der Waals surface area contributed by atoms with Crippen molar-refractivity contribution in [2.75, 3.05) is 18.2 Å². The fraction of sp³-hybridized carbons (Fsp3) is 0.760. The van der Waals surface area contributed by atoms with Gasteiger partial charge >= 0.3 is 5.69 Å². The molecule has 226 valence electrons. The van der Waals surface area contributed by atoms with E-state index in [9.17, 15) is 23.3 Å². The normalized spacial score (nSPS) is 24.5. The minimum atomic E-state index is -4.21. The second-order valence-corrected chi connectivity index (χ2v) is 24.4. The number of nitrogens with zero attached hydrogens (tertiary/aromatic N) is 3. The molecular formula is C25H44N4O8SSi2. The van der Waals surface area contributed by atoms with E-state index >= 15 is 0 Å². The Morgan fingerprint density at radius 2 is 1.73 bits per heavy atom. The summed E-state index contributed by atoms with van der Waals surface area (Å²) in [6.45, 7) is 21.1. The number of ether oxygens (including phenoxy) is 1. The van der Waals surface area contributed by atoms with E-state index in [0.717, 1.165) is 10.8 Å². The Bertz CT molecular complexity index is 1310. The van der Waals surface area contributed by atoms with Gasteiger partial charge in [-0.05, 0) is 42.3 Å². The first-order valence-electron chi connectivity index (χ1n) is 13.0. The summed E-state index contributed by atoms with van der Waals surface area (Å²) in [4.78, 5) is 28.6. The molecule has 15 heteroatoms. The monoisotopic (exact) mass is 616 g/mol. The maximum atomic E-state index is 13.2. The van der Waals surface area contributed by atoms with Gasteiger partial charge in [0.1, 0.15) is 24.1 Å². The number of carbonyl (C=O) groups is 1. The van der Waals surface area contributed by atoms with Crippen molar-refractivity contribution in [2.24, 2.45) is 0 Å². The lowest BCUT2D eigenvalue weighted by Gasteiger charge is -2.42. The maximum Gasteiger partial charge on any atom is 0.351 e. The zero-order chi connectivity index (χ0) is 31.1. The van der Waals surface area contributed by atoms with E-state index in [4.69, 9.17) is 17.8 Å². The Morgan fingerprint density at radius 1 is 1.18 bits per heavy atom. The van der Waals surface area contributed by atoms with Gasteiger partial charge in [0.25, 0.3) is 10.1 Å². The summed E-state index contributed by atoms with van der Waals surface area (Å²) in [6, 6.07) is 3.46. The number of carbonyl (C=O) groups excluding carboxylic acids is 1. The molecule has 12 nitrogen and oxygen atoms in total. The molecule has 1 aliphatic heterocycles. The number of anilines is 1. The van der Waals surface area contributed by atoms with Crippen molar-refractivity contribution in [3.63, 3.8) is 0 Å². The predicted molar refractivity (Wildman–Crippen MR) is 156 cm³/mol. The van der Waals surface area contributed by atoms with Gasteiger partial charge in [0.15, 0.2) is 22.9 Å². The van der Waals surface area contributed by atoms with E-state index in [1.807, 2.05) is 67.7 Å². The molecule has 1 saturated heterocycles. The van der Waals surface area contributed by atoms with Crippen LogP contribution in [0.15, 0.2) is 17.1 Å². The summed E-state index contributed by atoms with van der Waals surface area (Å²) in [7, 11) is -9.33. The highest BCUT2D eigenvalue weighted by Gasteiger charge is 2.64. The average molecular weight is 617 g/mol. The van der Waals surface area contributed by atoms with Gasteiger partial charge < -0.3 is 18.9 Å². The number of hydrogen-bond acceptors (Lipinski definition) is 10. The van der Waals surface area contributed by atoms with Crippen LogP contribution in [0.5, 0.6) is 0 Å². The molecule has 4 atom stereocenters. The van der Waals surface area contributed by atoms with Gasteiger partial charge in [0.2, 0.25) is 11.5 Å². The molecule has 2 heterocycles. The van der Waals surface area contributed by atoms with E-state index in [1.165, 1.54) is 19.2 Å². The van der Waals surface area contributed by atoms with Crippen molar-refractivity contribution >= 4 is 38.5 Å². The topological polar surface area (TPSA) is 159 Å². The van der Waals surface area contributed by atoms with E-state index in [1.54, 1.807) is 0 Å². The number of nitrogens with one attached hydrogen (secondary N) is 1.